The highest BCUT2D eigenvalue weighted by Gasteiger charge is 2.23. The van der Waals surface area contributed by atoms with Crippen molar-refractivity contribution in [2.75, 3.05) is 0 Å². The maximum Gasteiger partial charge on any atom is 0.304 e. The van der Waals surface area contributed by atoms with Crippen LogP contribution in [0, 0.1) is 5.92 Å². The molecule has 0 aromatic carbocycles. The number of carbonyl (C=O) groups is 2. The predicted molar refractivity (Wildman–Crippen MR) is 36.5 cm³/mol. The Morgan fingerprint density at radius 2 is 1.92 bits per heavy atom. The van der Waals surface area contributed by atoms with Gasteiger partial charge in [0.2, 0.25) is 0 Å². The van der Waals surface area contributed by atoms with Crippen LogP contribution in [-0.4, -0.2) is 32.6 Å². The molecule has 0 bridgehead atoms. The molecule has 6 heteroatoms. The van der Waals surface area contributed by atoms with E-state index in [0.717, 1.165) is 0 Å². The van der Waals surface area contributed by atoms with Gasteiger partial charge in [-0.05, 0) is 6.42 Å². The molecule has 0 aliphatic rings. The Kier molecular flexibility index (Phi) is 4.24. The normalized spacial score (nSPS) is 12.2. The monoisotopic (exact) mass is 177 g/mol. The molecule has 0 radical (unpaired) electrons. The molecule has 0 saturated carbocycles. The van der Waals surface area contributed by atoms with E-state index in [2.05, 4.69) is 0 Å². The molecule has 0 fully saturated rings. The Morgan fingerprint density at radius 3 is 2.17 bits per heavy atom. The highest BCUT2D eigenvalue weighted by atomic mass is 16.8. The van der Waals surface area contributed by atoms with Crippen molar-refractivity contribution in [1.29, 1.82) is 0 Å². The minimum absolute atomic E-state index is 0.253. The van der Waals surface area contributed by atoms with E-state index in [1.165, 1.54) is 0 Å². The summed E-state index contributed by atoms with van der Waals surface area (Å²) in [5.74, 6) is -3.02. The summed E-state index contributed by atoms with van der Waals surface area (Å²) in [5, 5.41) is 24.3. The van der Waals surface area contributed by atoms with E-state index in [1.54, 1.807) is 6.92 Å². The van der Waals surface area contributed by atoms with E-state index in [4.69, 9.17) is 15.5 Å². The van der Waals surface area contributed by atoms with Crippen LogP contribution in [0.25, 0.3) is 0 Å². The van der Waals surface area contributed by atoms with Crippen LogP contribution in [0.4, 0.5) is 0 Å². The molecular weight excluding hydrogens is 166 g/mol. The van der Waals surface area contributed by atoms with Gasteiger partial charge in [0.05, 0.1) is 12.3 Å². The van der Waals surface area contributed by atoms with Crippen molar-refractivity contribution >= 4 is 11.9 Å². The number of carbonyl (C=O) groups excluding carboxylic acids is 1. The maximum absolute atomic E-state index is 10.8. The Balaban J connectivity index is 4.15. The highest BCUT2D eigenvalue weighted by Crippen LogP contribution is 2.10. The van der Waals surface area contributed by atoms with Gasteiger partial charge in [0, 0.05) is 0 Å². The second-order valence-corrected chi connectivity index (χ2v) is 2.33. The number of hydrogen-bond acceptors (Lipinski definition) is 4. The number of amides is 1. The van der Waals surface area contributed by atoms with Crippen LogP contribution in [0.3, 0.4) is 0 Å². The van der Waals surface area contributed by atoms with Gasteiger partial charge in [-0.1, -0.05) is 12.2 Å². The molecule has 12 heavy (non-hydrogen) atoms. The van der Waals surface area contributed by atoms with Crippen molar-refractivity contribution in [3.8, 4) is 0 Å². The summed E-state index contributed by atoms with van der Waals surface area (Å²) in [7, 11) is 0. The topological polar surface area (TPSA) is 98.1 Å². The highest BCUT2D eigenvalue weighted by molar-refractivity contribution is 5.81. The molecule has 0 aliphatic carbocycles. The van der Waals surface area contributed by atoms with Crippen LogP contribution < -0.4 is 0 Å². The Bertz CT molecular complexity index is 179. The quantitative estimate of drug-likeness (QED) is 0.417. The zero-order valence-electron chi connectivity index (χ0n) is 6.60. The van der Waals surface area contributed by atoms with Gasteiger partial charge in [-0.3, -0.25) is 20.0 Å². The van der Waals surface area contributed by atoms with Crippen LogP contribution in [0.5, 0.6) is 0 Å². The summed E-state index contributed by atoms with van der Waals surface area (Å²) in [4.78, 5) is 20.9. The maximum atomic E-state index is 10.8. The first kappa shape index (κ1) is 10.9. The molecule has 0 heterocycles. The van der Waals surface area contributed by atoms with E-state index in [0.29, 0.717) is 0 Å². The van der Waals surface area contributed by atoms with E-state index in [1.807, 2.05) is 0 Å². The molecule has 0 saturated heterocycles. The van der Waals surface area contributed by atoms with Gasteiger partial charge in [0.25, 0.3) is 5.91 Å². The summed E-state index contributed by atoms with van der Waals surface area (Å²) < 4.78 is 0. The second-order valence-electron chi connectivity index (χ2n) is 2.33. The lowest BCUT2D eigenvalue weighted by Gasteiger charge is -2.13. The Hall–Kier alpha value is -1.14. The third kappa shape index (κ3) is 3.31. The van der Waals surface area contributed by atoms with Crippen LogP contribution >= 0.6 is 0 Å². The first-order valence-electron chi connectivity index (χ1n) is 3.42. The number of carboxylic acid groups (broad SMARTS) is 1. The number of carboxylic acids is 1. The third-order valence-corrected chi connectivity index (χ3v) is 1.46. The van der Waals surface area contributed by atoms with Gasteiger partial charge in [0.15, 0.2) is 0 Å². The average molecular weight is 177 g/mol. The summed E-state index contributed by atoms with van der Waals surface area (Å²) in [6.07, 6.45) is -0.143. The molecule has 1 atom stereocenters. The van der Waals surface area contributed by atoms with E-state index < -0.39 is 29.4 Å². The molecule has 0 rings (SSSR count). The fourth-order valence-electron chi connectivity index (χ4n) is 0.780. The van der Waals surface area contributed by atoms with Crippen LogP contribution in [-0.2, 0) is 9.59 Å². The summed E-state index contributed by atoms with van der Waals surface area (Å²) in [6, 6.07) is 0. The Morgan fingerprint density at radius 1 is 1.42 bits per heavy atom. The lowest BCUT2D eigenvalue weighted by molar-refractivity contribution is -0.288. The Labute approximate surface area is 68.9 Å². The molecule has 70 valence electrons. The first-order valence-corrected chi connectivity index (χ1v) is 3.42. The molecule has 0 aliphatic heterocycles. The van der Waals surface area contributed by atoms with Gasteiger partial charge in [-0.2, -0.15) is 0 Å². The van der Waals surface area contributed by atoms with E-state index in [-0.39, 0.29) is 6.42 Å². The number of nitrogens with zero attached hydrogens (tertiary/aromatic N) is 1. The van der Waals surface area contributed by atoms with Gasteiger partial charge in [-0.15, -0.1) is 0 Å². The molecule has 0 spiro atoms. The van der Waals surface area contributed by atoms with Gasteiger partial charge >= 0.3 is 5.97 Å². The lowest BCUT2D eigenvalue weighted by atomic mass is 10.0. The first-order chi connectivity index (χ1) is 5.49. The minimum Gasteiger partial charge on any atom is -0.481 e. The number of hydroxylamine groups is 2. The lowest BCUT2D eigenvalue weighted by Crippen LogP contribution is -2.31. The van der Waals surface area contributed by atoms with Gasteiger partial charge in [0.1, 0.15) is 0 Å². The van der Waals surface area contributed by atoms with Crippen molar-refractivity contribution in [3.05, 3.63) is 0 Å². The van der Waals surface area contributed by atoms with Crippen molar-refractivity contribution in [3.63, 3.8) is 0 Å². The van der Waals surface area contributed by atoms with Crippen molar-refractivity contribution < 1.29 is 25.1 Å². The fourth-order valence-corrected chi connectivity index (χ4v) is 0.780. The molecular formula is C6H11NO5. The van der Waals surface area contributed by atoms with Crippen molar-refractivity contribution in [1.82, 2.24) is 5.23 Å². The zero-order chi connectivity index (χ0) is 9.72. The summed E-state index contributed by atoms with van der Waals surface area (Å²) in [6.45, 7) is 1.59. The average Bonchev–Trinajstić information content (AvgIpc) is 1.98. The van der Waals surface area contributed by atoms with Crippen LogP contribution in [0.1, 0.15) is 19.8 Å². The largest absolute Gasteiger partial charge is 0.481 e. The molecule has 3 N–H and O–H groups in total. The number of aliphatic carboxylic acids is 1. The third-order valence-electron chi connectivity index (χ3n) is 1.46. The van der Waals surface area contributed by atoms with Crippen LogP contribution in [0.2, 0.25) is 0 Å². The standard InChI is InChI=1S/C6H11NO5/c1-2-4(3-5(8)9)6(10)7(11)12/h4,11-12H,2-3H2,1H3,(H,8,9). The van der Waals surface area contributed by atoms with Gasteiger partial charge < -0.3 is 5.11 Å². The fraction of sp³-hybridized carbons (Fsp3) is 0.667. The molecule has 0 aromatic heterocycles. The molecule has 1 amide bonds. The molecule has 0 aromatic rings. The molecule has 1 unspecified atom stereocenters. The number of hydrogen-bond donors (Lipinski definition) is 3. The smallest absolute Gasteiger partial charge is 0.304 e. The van der Waals surface area contributed by atoms with Crippen molar-refractivity contribution in [2.45, 2.75) is 19.8 Å². The molecule has 6 nitrogen and oxygen atoms in total. The van der Waals surface area contributed by atoms with E-state index >= 15 is 0 Å². The zero-order valence-corrected chi connectivity index (χ0v) is 6.60. The summed E-state index contributed by atoms with van der Waals surface area (Å²) >= 11 is 0. The predicted octanol–water partition coefficient (Wildman–Crippen LogP) is 0.0943. The van der Waals surface area contributed by atoms with Crippen molar-refractivity contribution in [2.24, 2.45) is 5.92 Å². The summed E-state index contributed by atoms with van der Waals surface area (Å²) in [5.41, 5.74) is 0. The van der Waals surface area contributed by atoms with E-state index in [9.17, 15) is 9.59 Å². The van der Waals surface area contributed by atoms with Gasteiger partial charge in [-0.25, -0.2) is 0 Å². The second kappa shape index (κ2) is 4.68. The minimum atomic E-state index is -1.14. The van der Waals surface area contributed by atoms with Crippen LogP contribution in [0.15, 0.2) is 0 Å². The number of rotatable bonds is 4. The SMILES string of the molecule is CCC(CC(=O)O)C(=O)N(O)O.